The summed E-state index contributed by atoms with van der Waals surface area (Å²) in [6, 6.07) is 6.50. The number of anilines is 1. The number of ether oxygens (including phenoxy) is 2. The van der Waals surface area contributed by atoms with Gasteiger partial charge in [-0.1, -0.05) is 12.1 Å². The van der Waals surface area contributed by atoms with Crippen LogP contribution in [0.1, 0.15) is 43.9 Å². The first-order valence-corrected chi connectivity index (χ1v) is 7.91. The fraction of sp³-hybridized carbons (Fsp3) is 0.588. The van der Waals surface area contributed by atoms with E-state index < -0.39 is 0 Å². The van der Waals surface area contributed by atoms with Crippen molar-refractivity contribution in [3.05, 3.63) is 29.3 Å². The van der Waals surface area contributed by atoms with Crippen LogP contribution in [-0.2, 0) is 20.7 Å². The lowest BCUT2D eigenvalue weighted by molar-refractivity contribution is -0.143. The topological polar surface area (TPSA) is 67.8 Å². The molecule has 0 bridgehead atoms. The zero-order valence-corrected chi connectivity index (χ0v) is 13.3. The lowest BCUT2D eigenvalue weighted by atomic mass is 9.93. The second kappa shape index (κ2) is 8.15. The highest BCUT2D eigenvalue weighted by atomic mass is 16.5. The minimum atomic E-state index is -0.167. The Bertz CT molecular complexity index is 503. The predicted molar refractivity (Wildman–Crippen MR) is 84.9 cm³/mol. The summed E-state index contributed by atoms with van der Waals surface area (Å²) >= 11 is 0. The summed E-state index contributed by atoms with van der Waals surface area (Å²) in [4.78, 5) is 11.5. The maximum absolute atomic E-state index is 11.5. The van der Waals surface area contributed by atoms with Crippen molar-refractivity contribution in [3.8, 4) is 0 Å². The fourth-order valence-corrected chi connectivity index (χ4v) is 2.77. The molecule has 2 rings (SSSR count). The van der Waals surface area contributed by atoms with E-state index in [9.17, 15) is 4.79 Å². The lowest BCUT2D eigenvalue weighted by Gasteiger charge is -2.31. The molecule has 1 aromatic rings. The number of aliphatic hydroxyl groups is 1. The molecule has 2 atom stereocenters. The molecular weight excluding hydrogens is 282 g/mol. The van der Waals surface area contributed by atoms with Gasteiger partial charge in [0.1, 0.15) is 0 Å². The lowest BCUT2D eigenvalue weighted by Crippen LogP contribution is -2.27. The van der Waals surface area contributed by atoms with Gasteiger partial charge in [-0.05, 0) is 38.3 Å². The number of fused-ring (bicyclic) bond motifs is 1. The van der Waals surface area contributed by atoms with Crippen LogP contribution in [0.5, 0.6) is 0 Å². The molecule has 1 aromatic carbocycles. The number of carbonyl (C=O) groups excluding carboxylic acids is 1. The maximum Gasteiger partial charge on any atom is 0.306 e. The third kappa shape index (κ3) is 4.45. The molecule has 1 aliphatic rings. The Balaban J connectivity index is 2.08. The molecule has 2 N–H and O–H groups in total. The zero-order chi connectivity index (χ0) is 15.9. The first kappa shape index (κ1) is 16.8. The number of aryl methyl sites for hydroxylation is 1. The summed E-state index contributed by atoms with van der Waals surface area (Å²) in [5, 5.41) is 12.4. The molecule has 0 saturated carbocycles. The van der Waals surface area contributed by atoms with E-state index in [0.29, 0.717) is 32.1 Å². The summed E-state index contributed by atoms with van der Waals surface area (Å²) in [6.07, 6.45) is 1.90. The van der Waals surface area contributed by atoms with Crippen molar-refractivity contribution in [2.45, 2.75) is 45.3 Å². The highest BCUT2D eigenvalue weighted by Crippen LogP contribution is 2.35. The maximum atomic E-state index is 11.5. The molecule has 5 nitrogen and oxygen atoms in total. The second-order valence-corrected chi connectivity index (χ2v) is 5.59. The van der Waals surface area contributed by atoms with Gasteiger partial charge in [0.05, 0.1) is 25.9 Å². The summed E-state index contributed by atoms with van der Waals surface area (Å²) in [7, 11) is 0. The average molecular weight is 307 g/mol. The minimum absolute atomic E-state index is 0.0130. The molecule has 0 saturated heterocycles. The Morgan fingerprint density at radius 2 is 2.27 bits per heavy atom. The summed E-state index contributed by atoms with van der Waals surface area (Å²) < 4.78 is 10.7. The van der Waals surface area contributed by atoms with E-state index in [-0.39, 0.29) is 18.7 Å². The van der Waals surface area contributed by atoms with Crippen LogP contribution in [0.2, 0.25) is 0 Å². The highest BCUT2D eigenvalue weighted by molar-refractivity contribution is 5.69. The first-order chi connectivity index (χ1) is 10.6. The largest absolute Gasteiger partial charge is 0.466 e. The third-order valence-corrected chi connectivity index (χ3v) is 3.77. The standard InChI is InChI=1S/C17H25NO4/c1-3-21-17(20)7-5-13-4-6-15-14(11-13)16(22-9-8-19)10-12(2)18-15/h4,6,11-12,16,18-19H,3,5,7-10H2,1-2H3/t12-,16-/m1/s1. The Kier molecular flexibility index (Phi) is 6.21. The molecular formula is C17H25NO4. The van der Waals surface area contributed by atoms with Crippen molar-refractivity contribution in [1.82, 2.24) is 0 Å². The van der Waals surface area contributed by atoms with Crippen LogP contribution < -0.4 is 5.32 Å². The molecule has 0 fully saturated rings. The van der Waals surface area contributed by atoms with Crippen molar-refractivity contribution in [1.29, 1.82) is 0 Å². The molecule has 122 valence electrons. The number of carbonyl (C=O) groups is 1. The second-order valence-electron chi connectivity index (χ2n) is 5.59. The predicted octanol–water partition coefficient (Wildman–Crippen LogP) is 2.44. The fourth-order valence-electron chi connectivity index (χ4n) is 2.77. The third-order valence-electron chi connectivity index (χ3n) is 3.77. The smallest absolute Gasteiger partial charge is 0.306 e. The Labute approximate surface area is 131 Å². The van der Waals surface area contributed by atoms with Crippen LogP contribution in [0.3, 0.4) is 0 Å². The molecule has 1 heterocycles. The van der Waals surface area contributed by atoms with E-state index in [4.69, 9.17) is 14.6 Å². The quantitative estimate of drug-likeness (QED) is 0.757. The molecule has 0 aliphatic carbocycles. The molecule has 1 aliphatic heterocycles. The van der Waals surface area contributed by atoms with Crippen LogP contribution in [-0.4, -0.2) is 36.9 Å². The Morgan fingerprint density at radius 3 is 3.00 bits per heavy atom. The Hall–Kier alpha value is -1.59. The number of hydrogen-bond acceptors (Lipinski definition) is 5. The molecule has 0 radical (unpaired) electrons. The van der Waals surface area contributed by atoms with Gasteiger partial charge in [0, 0.05) is 23.7 Å². The molecule has 0 amide bonds. The van der Waals surface area contributed by atoms with E-state index in [2.05, 4.69) is 18.3 Å². The van der Waals surface area contributed by atoms with E-state index in [1.807, 2.05) is 19.1 Å². The summed E-state index contributed by atoms with van der Waals surface area (Å²) in [6.45, 7) is 4.71. The highest BCUT2D eigenvalue weighted by Gasteiger charge is 2.25. The summed E-state index contributed by atoms with van der Waals surface area (Å²) in [5.74, 6) is -0.167. The molecule has 0 spiro atoms. The van der Waals surface area contributed by atoms with Crippen LogP contribution >= 0.6 is 0 Å². The van der Waals surface area contributed by atoms with E-state index in [1.54, 1.807) is 0 Å². The normalized spacial score (nSPS) is 20.1. The molecule has 0 aromatic heterocycles. The van der Waals surface area contributed by atoms with Crippen molar-refractivity contribution in [2.75, 3.05) is 25.1 Å². The van der Waals surface area contributed by atoms with Gasteiger partial charge in [-0.3, -0.25) is 4.79 Å². The SMILES string of the molecule is CCOC(=O)CCc1ccc2c(c1)[C@H](OCCO)C[C@@H](C)N2. The van der Waals surface area contributed by atoms with E-state index in [1.165, 1.54) is 0 Å². The number of aliphatic hydroxyl groups excluding tert-OH is 1. The van der Waals surface area contributed by atoms with Gasteiger partial charge < -0.3 is 19.9 Å². The number of rotatable bonds is 7. The van der Waals surface area contributed by atoms with Crippen molar-refractivity contribution < 1.29 is 19.4 Å². The molecule has 0 unspecified atom stereocenters. The van der Waals surface area contributed by atoms with Gasteiger partial charge in [0.25, 0.3) is 0 Å². The van der Waals surface area contributed by atoms with Crippen LogP contribution in [0.15, 0.2) is 18.2 Å². The Morgan fingerprint density at radius 1 is 1.45 bits per heavy atom. The number of esters is 1. The zero-order valence-electron chi connectivity index (χ0n) is 13.3. The monoisotopic (exact) mass is 307 g/mol. The molecule has 22 heavy (non-hydrogen) atoms. The van der Waals surface area contributed by atoms with Gasteiger partial charge in [-0.15, -0.1) is 0 Å². The number of hydrogen-bond donors (Lipinski definition) is 2. The van der Waals surface area contributed by atoms with Gasteiger partial charge in [-0.2, -0.15) is 0 Å². The minimum Gasteiger partial charge on any atom is -0.466 e. The van der Waals surface area contributed by atoms with Crippen LogP contribution in [0, 0.1) is 0 Å². The number of benzene rings is 1. The van der Waals surface area contributed by atoms with Gasteiger partial charge in [0.2, 0.25) is 0 Å². The van der Waals surface area contributed by atoms with Crippen LogP contribution in [0.4, 0.5) is 5.69 Å². The van der Waals surface area contributed by atoms with Gasteiger partial charge in [0.15, 0.2) is 0 Å². The van der Waals surface area contributed by atoms with Crippen molar-refractivity contribution >= 4 is 11.7 Å². The number of nitrogens with one attached hydrogen (secondary N) is 1. The summed E-state index contributed by atoms with van der Waals surface area (Å²) in [5.41, 5.74) is 3.27. The molecule has 5 heteroatoms. The average Bonchev–Trinajstić information content (AvgIpc) is 2.51. The van der Waals surface area contributed by atoms with Gasteiger partial charge >= 0.3 is 5.97 Å². The van der Waals surface area contributed by atoms with E-state index in [0.717, 1.165) is 23.2 Å². The van der Waals surface area contributed by atoms with Crippen LogP contribution in [0.25, 0.3) is 0 Å². The van der Waals surface area contributed by atoms with E-state index >= 15 is 0 Å². The first-order valence-electron chi connectivity index (χ1n) is 7.91. The van der Waals surface area contributed by atoms with Gasteiger partial charge in [-0.25, -0.2) is 0 Å². The van der Waals surface area contributed by atoms with Crippen molar-refractivity contribution in [2.24, 2.45) is 0 Å². The van der Waals surface area contributed by atoms with Crippen molar-refractivity contribution in [3.63, 3.8) is 0 Å².